The second-order valence-corrected chi connectivity index (χ2v) is 5.77. The quantitative estimate of drug-likeness (QED) is 0.516. The largest absolute Gasteiger partial charge is 0.490 e. The molecule has 0 saturated carbocycles. The zero-order valence-electron chi connectivity index (χ0n) is 15.3. The van der Waals surface area contributed by atoms with E-state index in [1.165, 1.54) is 0 Å². The summed E-state index contributed by atoms with van der Waals surface area (Å²) in [6, 6.07) is 5.05. The van der Waals surface area contributed by atoms with Gasteiger partial charge in [0.1, 0.15) is 0 Å². The van der Waals surface area contributed by atoms with E-state index in [9.17, 15) is 8.78 Å². The summed E-state index contributed by atoms with van der Waals surface area (Å²) in [6.45, 7) is 3.51. The van der Waals surface area contributed by atoms with Gasteiger partial charge >= 0.3 is 6.61 Å². The van der Waals surface area contributed by atoms with Crippen molar-refractivity contribution in [2.24, 2.45) is 4.99 Å². The molecule has 0 bridgehead atoms. The summed E-state index contributed by atoms with van der Waals surface area (Å²) < 4.78 is 41.2. The SMILES string of the molecule is CCNC(=NCc1cccc(OCC)c1OC(F)F)NCC1CCCO1. The van der Waals surface area contributed by atoms with Gasteiger partial charge < -0.3 is 24.8 Å². The van der Waals surface area contributed by atoms with Crippen molar-refractivity contribution in [2.45, 2.75) is 45.9 Å². The van der Waals surface area contributed by atoms with Crippen LogP contribution in [0.5, 0.6) is 11.5 Å². The number of guanidine groups is 1. The number of para-hydroxylation sites is 1. The predicted octanol–water partition coefficient (Wildman–Crippen LogP) is 2.92. The van der Waals surface area contributed by atoms with Crippen molar-refractivity contribution in [1.82, 2.24) is 10.6 Å². The number of rotatable bonds is 9. The van der Waals surface area contributed by atoms with E-state index in [-0.39, 0.29) is 24.1 Å². The first-order valence-electron chi connectivity index (χ1n) is 8.97. The fourth-order valence-corrected chi connectivity index (χ4v) is 2.70. The topological polar surface area (TPSA) is 64.1 Å². The van der Waals surface area contributed by atoms with Crippen molar-refractivity contribution in [3.63, 3.8) is 0 Å². The molecule has 0 amide bonds. The highest BCUT2D eigenvalue weighted by Gasteiger charge is 2.17. The zero-order valence-corrected chi connectivity index (χ0v) is 15.3. The Morgan fingerprint density at radius 1 is 1.35 bits per heavy atom. The van der Waals surface area contributed by atoms with Gasteiger partial charge in [-0.25, -0.2) is 4.99 Å². The molecule has 2 rings (SSSR count). The maximum Gasteiger partial charge on any atom is 0.387 e. The van der Waals surface area contributed by atoms with Gasteiger partial charge in [-0.05, 0) is 32.8 Å². The maximum atomic E-state index is 12.8. The average molecular weight is 371 g/mol. The molecule has 146 valence electrons. The highest BCUT2D eigenvalue weighted by molar-refractivity contribution is 5.79. The molecule has 0 radical (unpaired) electrons. The lowest BCUT2D eigenvalue weighted by molar-refractivity contribution is -0.0520. The second-order valence-electron chi connectivity index (χ2n) is 5.77. The van der Waals surface area contributed by atoms with E-state index in [1.54, 1.807) is 25.1 Å². The van der Waals surface area contributed by atoms with Crippen molar-refractivity contribution in [1.29, 1.82) is 0 Å². The molecule has 1 aromatic carbocycles. The molecule has 1 heterocycles. The first-order valence-corrected chi connectivity index (χ1v) is 8.97. The minimum Gasteiger partial charge on any atom is -0.490 e. The van der Waals surface area contributed by atoms with Crippen molar-refractivity contribution in [3.8, 4) is 11.5 Å². The molecule has 0 aliphatic carbocycles. The van der Waals surface area contributed by atoms with Crippen LogP contribution in [0.3, 0.4) is 0 Å². The van der Waals surface area contributed by atoms with E-state index in [1.807, 2.05) is 6.92 Å². The number of hydrogen-bond donors (Lipinski definition) is 2. The fourth-order valence-electron chi connectivity index (χ4n) is 2.70. The molecule has 2 N–H and O–H groups in total. The standard InChI is InChI=1S/C18H27F2N3O3/c1-3-21-18(23-12-14-8-6-10-25-14)22-11-13-7-5-9-15(24-4-2)16(13)26-17(19)20/h5,7,9,14,17H,3-4,6,8,10-12H2,1-2H3,(H2,21,22,23). The summed E-state index contributed by atoms with van der Waals surface area (Å²) >= 11 is 0. The third-order valence-electron chi connectivity index (χ3n) is 3.84. The Morgan fingerprint density at radius 2 is 2.19 bits per heavy atom. The Morgan fingerprint density at radius 3 is 2.85 bits per heavy atom. The molecule has 1 aliphatic heterocycles. The lowest BCUT2D eigenvalue weighted by Gasteiger charge is -2.16. The monoisotopic (exact) mass is 371 g/mol. The fraction of sp³-hybridized carbons (Fsp3) is 0.611. The predicted molar refractivity (Wildman–Crippen MR) is 96.0 cm³/mol. The van der Waals surface area contributed by atoms with Crippen LogP contribution >= 0.6 is 0 Å². The Hall–Kier alpha value is -2.09. The molecular weight excluding hydrogens is 344 g/mol. The number of ether oxygens (including phenoxy) is 3. The molecule has 1 saturated heterocycles. The summed E-state index contributed by atoms with van der Waals surface area (Å²) in [5.74, 6) is 0.925. The lowest BCUT2D eigenvalue weighted by Crippen LogP contribution is -2.41. The first kappa shape index (κ1) is 20.2. The van der Waals surface area contributed by atoms with Gasteiger partial charge in [0.2, 0.25) is 0 Å². The first-order chi connectivity index (χ1) is 12.6. The second kappa shape index (κ2) is 10.8. The molecular formula is C18H27F2N3O3. The van der Waals surface area contributed by atoms with E-state index < -0.39 is 6.61 Å². The van der Waals surface area contributed by atoms with Crippen LogP contribution in [-0.2, 0) is 11.3 Å². The van der Waals surface area contributed by atoms with Crippen molar-refractivity contribution >= 4 is 5.96 Å². The summed E-state index contributed by atoms with van der Waals surface area (Å²) in [7, 11) is 0. The van der Waals surface area contributed by atoms with Gasteiger partial charge in [0.15, 0.2) is 17.5 Å². The third-order valence-corrected chi connectivity index (χ3v) is 3.84. The van der Waals surface area contributed by atoms with E-state index >= 15 is 0 Å². The minimum atomic E-state index is -2.93. The van der Waals surface area contributed by atoms with Crippen LogP contribution in [0.2, 0.25) is 0 Å². The van der Waals surface area contributed by atoms with Crippen molar-refractivity contribution in [2.75, 3.05) is 26.3 Å². The Kier molecular flexibility index (Phi) is 8.40. The van der Waals surface area contributed by atoms with Crippen molar-refractivity contribution < 1.29 is 23.0 Å². The van der Waals surface area contributed by atoms with E-state index in [0.29, 0.717) is 31.2 Å². The lowest BCUT2D eigenvalue weighted by atomic mass is 10.2. The summed E-state index contributed by atoms with van der Waals surface area (Å²) in [6.07, 6.45) is 2.27. The summed E-state index contributed by atoms with van der Waals surface area (Å²) in [5.41, 5.74) is 0.533. The van der Waals surface area contributed by atoms with Gasteiger partial charge in [0.25, 0.3) is 0 Å². The molecule has 1 unspecified atom stereocenters. The number of nitrogens with zero attached hydrogens (tertiary/aromatic N) is 1. The Balaban J connectivity index is 2.09. The molecule has 0 spiro atoms. The van der Waals surface area contributed by atoms with Gasteiger partial charge in [0, 0.05) is 25.3 Å². The molecule has 1 atom stereocenters. The van der Waals surface area contributed by atoms with E-state index in [2.05, 4.69) is 20.4 Å². The van der Waals surface area contributed by atoms with Crippen LogP contribution in [-0.4, -0.2) is 45.0 Å². The molecule has 6 nitrogen and oxygen atoms in total. The van der Waals surface area contributed by atoms with Crippen LogP contribution in [0.1, 0.15) is 32.3 Å². The smallest absolute Gasteiger partial charge is 0.387 e. The normalized spacial score (nSPS) is 17.4. The zero-order chi connectivity index (χ0) is 18.8. The summed E-state index contributed by atoms with van der Waals surface area (Å²) in [4.78, 5) is 4.47. The Bertz CT molecular complexity index is 579. The number of alkyl halides is 2. The van der Waals surface area contributed by atoms with Gasteiger partial charge in [0.05, 0.1) is 19.3 Å². The number of benzene rings is 1. The van der Waals surface area contributed by atoms with Crippen molar-refractivity contribution in [3.05, 3.63) is 23.8 Å². The van der Waals surface area contributed by atoms with E-state index in [0.717, 1.165) is 19.4 Å². The molecule has 1 aromatic rings. The minimum absolute atomic E-state index is 0.0306. The van der Waals surface area contributed by atoms with Crippen LogP contribution in [0.4, 0.5) is 8.78 Å². The average Bonchev–Trinajstić information content (AvgIpc) is 3.13. The molecule has 8 heteroatoms. The van der Waals surface area contributed by atoms with Gasteiger partial charge in [-0.3, -0.25) is 0 Å². The third kappa shape index (κ3) is 6.33. The molecule has 1 aliphatic rings. The van der Waals surface area contributed by atoms with Gasteiger partial charge in [-0.15, -0.1) is 0 Å². The van der Waals surface area contributed by atoms with Crippen LogP contribution in [0.15, 0.2) is 23.2 Å². The number of aliphatic imine (C=N–C) groups is 1. The number of nitrogens with one attached hydrogen (secondary N) is 2. The number of halogens is 2. The maximum absolute atomic E-state index is 12.8. The summed E-state index contributed by atoms with van der Waals surface area (Å²) in [5, 5.41) is 6.37. The highest BCUT2D eigenvalue weighted by atomic mass is 19.3. The van der Waals surface area contributed by atoms with Crippen LogP contribution in [0.25, 0.3) is 0 Å². The highest BCUT2D eigenvalue weighted by Crippen LogP contribution is 2.33. The van der Waals surface area contributed by atoms with Gasteiger partial charge in [-0.1, -0.05) is 12.1 Å². The van der Waals surface area contributed by atoms with E-state index in [4.69, 9.17) is 9.47 Å². The number of hydrogen-bond acceptors (Lipinski definition) is 4. The Labute approximate surface area is 152 Å². The molecule has 1 fully saturated rings. The molecule has 0 aromatic heterocycles. The van der Waals surface area contributed by atoms with Crippen LogP contribution < -0.4 is 20.1 Å². The van der Waals surface area contributed by atoms with Crippen LogP contribution in [0, 0.1) is 0 Å². The van der Waals surface area contributed by atoms with Gasteiger partial charge in [-0.2, -0.15) is 8.78 Å². The molecule has 26 heavy (non-hydrogen) atoms.